The van der Waals surface area contributed by atoms with Gasteiger partial charge in [-0.2, -0.15) is 0 Å². The lowest BCUT2D eigenvalue weighted by Crippen LogP contribution is -2.11. The molecule has 0 bridgehead atoms. The van der Waals surface area contributed by atoms with Crippen LogP contribution in [0.25, 0.3) is 0 Å². The van der Waals surface area contributed by atoms with Gasteiger partial charge in [0.15, 0.2) is 0 Å². The lowest BCUT2D eigenvalue weighted by molar-refractivity contribution is 0.102. The van der Waals surface area contributed by atoms with E-state index in [9.17, 15) is 9.90 Å². The summed E-state index contributed by atoms with van der Waals surface area (Å²) in [4.78, 5) is 12.1. The molecule has 2 rings (SSSR count). The van der Waals surface area contributed by atoms with E-state index in [4.69, 9.17) is 0 Å². The second-order valence-corrected chi connectivity index (χ2v) is 5.23. The number of carbonyl (C=O) groups excluding carboxylic acids is 1. The molecule has 0 aliphatic carbocycles. The fraction of sp³-hybridized carbons (Fsp3) is 0.235. The van der Waals surface area contributed by atoms with Crippen molar-refractivity contribution in [2.75, 3.05) is 5.32 Å². The Morgan fingerprint density at radius 1 is 1.10 bits per heavy atom. The number of amides is 1. The van der Waals surface area contributed by atoms with Crippen LogP contribution in [-0.2, 0) is 0 Å². The van der Waals surface area contributed by atoms with E-state index in [1.165, 1.54) is 11.6 Å². The maximum absolute atomic E-state index is 12.1. The molecule has 0 fully saturated rings. The molecule has 0 spiro atoms. The molecule has 0 saturated carbocycles. The van der Waals surface area contributed by atoms with Gasteiger partial charge < -0.3 is 10.4 Å². The highest BCUT2D eigenvalue weighted by atomic mass is 16.3. The lowest BCUT2D eigenvalue weighted by atomic mass is 10.0. The number of aromatic hydroxyl groups is 1. The van der Waals surface area contributed by atoms with E-state index in [0.29, 0.717) is 11.5 Å². The Hall–Kier alpha value is -2.29. The SMILES string of the molecule is Cc1ccc(C(=O)Nc2ccc(C(C)C)cc2)cc1O. The molecule has 20 heavy (non-hydrogen) atoms. The Balaban J connectivity index is 2.12. The molecule has 0 aromatic heterocycles. The second kappa shape index (κ2) is 5.78. The van der Waals surface area contributed by atoms with Crippen molar-refractivity contribution >= 4 is 11.6 Å². The van der Waals surface area contributed by atoms with Crippen LogP contribution in [-0.4, -0.2) is 11.0 Å². The van der Waals surface area contributed by atoms with E-state index in [0.717, 1.165) is 11.3 Å². The molecule has 1 amide bonds. The summed E-state index contributed by atoms with van der Waals surface area (Å²) in [6, 6.07) is 12.7. The van der Waals surface area contributed by atoms with Crippen molar-refractivity contribution in [3.63, 3.8) is 0 Å². The van der Waals surface area contributed by atoms with E-state index in [-0.39, 0.29) is 11.7 Å². The molecular weight excluding hydrogens is 250 g/mol. The van der Waals surface area contributed by atoms with Gasteiger partial charge >= 0.3 is 0 Å². The summed E-state index contributed by atoms with van der Waals surface area (Å²) >= 11 is 0. The number of phenolic OH excluding ortho intramolecular Hbond substituents is 1. The highest BCUT2D eigenvalue weighted by molar-refractivity contribution is 6.04. The summed E-state index contributed by atoms with van der Waals surface area (Å²) in [5.74, 6) is 0.374. The number of phenols is 1. The molecule has 104 valence electrons. The van der Waals surface area contributed by atoms with Gasteiger partial charge in [0, 0.05) is 11.3 Å². The van der Waals surface area contributed by atoms with E-state index >= 15 is 0 Å². The normalized spacial score (nSPS) is 10.6. The van der Waals surface area contributed by atoms with E-state index in [1.807, 2.05) is 24.3 Å². The Bertz CT molecular complexity index is 615. The fourth-order valence-electron chi connectivity index (χ4n) is 1.91. The first-order valence-corrected chi connectivity index (χ1v) is 6.68. The number of carbonyl (C=O) groups is 1. The average Bonchev–Trinajstić information content (AvgIpc) is 2.42. The third kappa shape index (κ3) is 3.18. The minimum absolute atomic E-state index is 0.132. The Kier molecular flexibility index (Phi) is 4.08. The number of anilines is 1. The van der Waals surface area contributed by atoms with Crippen molar-refractivity contribution in [3.05, 3.63) is 59.2 Å². The van der Waals surface area contributed by atoms with Gasteiger partial charge in [-0.25, -0.2) is 0 Å². The summed E-state index contributed by atoms with van der Waals surface area (Å²) in [6.45, 7) is 6.05. The molecule has 0 aliphatic heterocycles. The molecule has 0 saturated heterocycles. The van der Waals surface area contributed by atoms with Crippen LogP contribution in [0.1, 0.15) is 41.3 Å². The van der Waals surface area contributed by atoms with Gasteiger partial charge in [-0.15, -0.1) is 0 Å². The molecule has 0 unspecified atom stereocenters. The van der Waals surface area contributed by atoms with Crippen molar-refractivity contribution in [2.24, 2.45) is 0 Å². The maximum atomic E-state index is 12.1. The zero-order chi connectivity index (χ0) is 14.7. The van der Waals surface area contributed by atoms with Crippen LogP contribution in [0.4, 0.5) is 5.69 Å². The van der Waals surface area contributed by atoms with Crippen molar-refractivity contribution in [3.8, 4) is 5.75 Å². The molecule has 2 aromatic rings. The quantitative estimate of drug-likeness (QED) is 0.882. The van der Waals surface area contributed by atoms with Gasteiger partial charge in [-0.05, 0) is 48.2 Å². The summed E-state index contributed by atoms with van der Waals surface area (Å²) in [6.07, 6.45) is 0. The molecule has 0 heterocycles. The highest BCUT2D eigenvalue weighted by Crippen LogP contribution is 2.20. The number of aryl methyl sites for hydroxylation is 1. The van der Waals surface area contributed by atoms with Gasteiger partial charge in [0.25, 0.3) is 5.91 Å². The first kappa shape index (κ1) is 14.1. The number of rotatable bonds is 3. The van der Waals surface area contributed by atoms with Crippen molar-refractivity contribution in [1.82, 2.24) is 0 Å². The molecule has 3 heteroatoms. The van der Waals surface area contributed by atoms with E-state index in [1.54, 1.807) is 19.1 Å². The van der Waals surface area contributed by atoms with Crippen molar-refractivity contribution in [1.29, 1.82) is 0 Å². The van der Waals surface area contributed by atoms with E-state index < -0.39 is 0 Å². The van der Waals surface area contributed by atoms with Gasteiger partial charge in [0.2, 0.25) is 0 Å². The minimum Gasteiger partial charge on any atom is -0.508 e. The van der Waals surface area contributed by atoms with Crippen LogP contribution in [0.15, 0.2) is 42.5 Å². The zero-order valence-electron chi connectivity index (χ0n) is 12.0. The predicted octanol–water partition coefficient (Wildman–Crippen LogP) is 4.08. The lowest BCUT2D eigenvalue weighted by Gasteiger charge is -2.09. The third-order valence-electron chi connectivity index (χ3n) is 3.31. The summed E-state index contributed by atoms with van der Waals surface area (Å²) < 4.78 is 0. The zero-order valence-corrected chi connectivity index (χ0v) is 12.0. The Morgan fingerprint density at radius 2 is 1.75 bits per heavy atom. The van der Waals surface area contributed by atoms with Gasteiger partial charge in [0.1, 0.15) is 5.75 Å². The Labute approximate surface area is 119 Å². The van der Waals surface area contributed by atoms with Crippen LogP contribution in [0.2, 0.25) is 0 Å². The molecule has 0 radical (unpaired) electrons. The van der Waals surface area contributed by atoms with Gasteiger partial charge in [0.05, 0.1) is 0 Å². The van der Waals surface area contributed by atoms with Crippen molar-refractivity contribution in [2.45, 2.75) is 26.7 Å². The summed E-state index contributed by atoms with van der Waals surface area (Å²) in [5.41, 5.74) is 3.18. The first-order chi connectivity index (χ1) is 9.47. The molecule has 3 nitrogen and oxygen atoms in total. The van der Waals surface area contributed by atoms with Crippen LogP contribution in [0, 0.1) is 6.92 Å². The topological polar surface area (TPSA) is 49.3 Å². The summed E-state index contributed by atoms with van der Waals surface area (Å²) in [7, 11) is 0. The maximum Gasteiger partial charge on any atom is 0.255 e. The van der Waals surface area contributed by atoms with Gasteiger partial charge in [-0.3, -0.25) is 4.79 Å². The monoisotopic (exact) mass is 269 g/mol. The largest absolute Gasteiger partial charge is 0.508 e. The molecule has 0 atom stereocenters. The molecule has 2 aromatic carbocycles. The second-order valence-electron chi connectivity index (χ2n) is 5.23. The number of benzene rings is 2. The smallest absolute Gasteiger partial charge is 0.255 e. The summed E-state index contributed by atoms with van der Waals surface area (Å²) in [5, 5.41) is 12.5. The highest BCUT2D eigenvalue weighted by Gasteiger charge is 2.08. The van der Waals surface area contributed by atoms with E-state index in [2.05, 4.69) is 19.2 Å². The van der Waals surface area contributed by atoms with Crippen LogP contribution < -0.4 is 5.32 Å². The predicted molar refractivity (Wildman–Crippen MR) is 81.3 cm³/mol. The standard InChI is InChI=1S/C17H19NO2/c1-11(2)13-6-8-15(9-7-13)18-17(20)14-5-4-12(3)16(19)10-14/h4-11,19H,1-3H3,(H,18,20). The number of hydrogen-bond acceptors (Lipinski definition) is 2. The van der Waals surface area contributed by atoms with Crippen LogP contribution >= 0.6 is 0 Å². The minimum atomic E-state index is -0.224. The van der Waals surface area contributed by atoms with Gasteiger partial charge in [-0.1, -0.05) is 32.0 Å². The molecule has 2 N–H and O–H groups in total. The van der Waals surface area contributed by atoms with Crippen molar-refractivity contribution < 1.29 is 9.90 Å². The average molecular weight is 269 g/mol. The third-order valence-corrected chi connectivity index (χ3v) is 3.31. The number of nitrogens with one attached hydrogen (secondary N) is 1. The molecular formula is C17H19NO2. The Morgan fingerprint density at radius 3 is 2.30 bits per heavy atom. The first-order valence-electron chi connectivity index (χ1n) is 6.68. The number of hydrogen-bond donors (Lipinski definition) is 2. The fourth-order valence-corrected chi connectivity index (χ4v) is 1.91. The van der Waals surface area contributed by atoms with Crippen LogP contribution in [0.5, 0.6) is 5.75 Å². The molecule has 0 aliphatic rings. The van der Waals surface area contributed by atoms with Crippen LogP contribution in [0.3, 0.4) is 0 Å².